The van der Waals surface area contributed by atoms with E-state index in [1.807, 2.05) is 0 Å². The van der Waals surface area contributed by atoms with Gasteiger partial charge < -0.3 is 16.0 Å². The summed E-state index contributed by atoms with van der Waals surface area (Å²) in [5.74, 6) is 0. The lowest BCUT2D eigenvalue weighted by Gasteiger charge is -2.34. The topological polar surface area (TPSA) is 41.3 Å². The Balaban J connectivity index is 1.68. The number of piperidine rings is 1. The molecule has 1 aromatic rings. The minimum Gasteiger partial charge on any atom is -0.324 e. The number of rotatable bonds is 3. The van der Waals surface area contributed by atoms with Crippen LogP contribution in [0.5, 0.6) is 0 Å². The lowest BCUT2D eigenvalue weighted by molar-refractivity contribution is 0.189. The van der Waals surface area contributed by atoms with Gasteiger partial charge in [-0.05, 0) is 43.5 Å². The third kappa shape index (κ3) is 2.69. The zero-order valence-electron chi connectivity index (χ0n) is 11.8. The molecule has 1 aromatic carbocycles. The maximum atomic E-state index is 6.24. The van der Waals surface area contributed by atoms with Crippen molar-refractivity contribution in [2.24, 2.45) is 5.73 Å². The molecule has 104 valence electrons. The normalized spacial score (nSPS) is 31.4. The van der Waals surface area contributed by atoms with Crippen LogP contribution in [0.1, 0.15) is 49.4 Å². The molecule has 1 aliphatic carbocycles. The number of nitrogens with two attached hydrogens (primary N) is 1. The number of nitrogens with zero attached hydrogens (tertiary/aromatic N) is 1. The molecule has 2 aliphatic rings. The Labute approximate surface area is 116 Å². The molecular formula is C16H25N3. The molecule has 3 atom stereocenters. The third-order valence-electron chi connectivity index (χ3n) is 4.65. The van der Waals surface area contributed by atoms with E-state index in [9.17, 15) is 0 Å². The first-order valence-corrected chi connectivity index (χ1v) is 7.60. The van der Waals surface area contributed by atoms with Gasteiger partial charge in [-0.2, -0.15) is 0 Å². The van der Waals surface area contributed by atoms with Crippen molar-refractivity contribution in [1.29, 1.82) is 0 Å². The Bertz CT molecular complexity index is 432. The predicted octanol–water partition coefficient (Wildman–Crippen LogP) is 2.21. The van der Waals surface area contributed by atoms with Crippen molar-refractivity contribution in [3.05, 3.63) is 35.4 Å². The number of likely N-dealkylation sites (tertiary alicyclic amines) is 1. The second-order valence-corrected chi connectivity index (χ2v) is 5.92. The van der Waals surface area contributed by atoms with E-state index >= 15 is 0 Å². The summed E-state index contributed by atoms with van der Waals surface area (Å²) in [6, 6.07) is 9.93. The molecule has 19 heavy (non-hydrogen) atoms. The van der Waals surface area contributed by atoms with Gasteiger partial charge in [-0.25, -0.2) is 0 Å². The van der Waals surface area contributed by atoms with Crippen LogP contribution in [0, 0.1) is 0 Å². The summed E-state index contributed by atoms with van der Waals surface area (Å²) in [7, 11) is 0. The van der Waals surface area contributed by atoms with Crippen molar-refractivity contribution in [2.75, 3.05) is 19.6 Å². The highest BCUT2D eigenvalue weighted by atomic mass is 15.2. The fourth-order valence-electron chi connectivity index (χ4n) is 3.59. The maximum Gasteiger partial charge on any atom is 0.0344 e. The van der Waals surface area contributed by atoms with Crippen LogP contribution in [0.3, 0.4) is 0 Å². The van der Waals surface area contributed by atoms with E-state index in [0.29, 0.717) is 12.1 Å². The van der Waals surface area contributed by atoms with E-state index in [1.54, 1.807) is 0 Å². The number of fused-ring (bicyclic) bond motifs is 1. The molecule has 3 unspecified atom stereocenters. The second kappa shape index (κ2) is 5.61. The summed E-state index contributed by atoms with van der Waals surface area (Å²) in [6.07, 6.45) is 3.65. The van der Waals surface area contributed by atoms with Crippen molar-refractivity contribution in [3.8, 4) is 0 Å². The monoisotopic (exact) mass is 259 g/mol. The Kier molecular flexibility index (Phi) is 3.87. The van der Waals surface area contributed by atoms with E-state index in [1.165, 1.54) is 43.6 Å². The van der Waals surface area contributed by atoms with Crippen LogP contribution < -0.4 is 11.1 Å². The molecule has 0 aromatic heterocycles. The smallest absolute Gasteiger partial charge is 0.0344 e. The molecule has 1 saturated heterocycles. The molecule has 1 aliphatic heterocycles. The van der Waals surface area contributed by atoms with E-state index in [4.69, 9.17) is 5.73 Å². The van der Waals surface area contributed by atoms with Crippen LogP contribution in [-0.4, -0.2) is 30.6 Å². The van der Waals surface area contributed by atoms with Crippen molar-refractivity contribution in [2.45, 2.75) is 44.3 Å². The maximum absolute atomic E-state index is 6.24. The first-order chi connectivity index (χ1) is 9.28. The molecule has 3 rings (SSSR count). The Morgan fingerprint density at radius 1 is 1.32 bits per heavy atom. The molecule has 0 radical (unpaired) electrons. The minimum absolute atomic E-state index is 0.208. The molecule has 0 spiro atoms. The highest BCUT2D eigenvalue weighted by Gasteiger charge is 2.30. The summed E-state index contributed by atoms with van der Waals surface area (Å²) >= 11 is 0. The SMILES string of the molecule is CCN1CCCC(NC2CC(N)c3ccccc32)C1. The van der Waals surface area contributed by atoms with Gasteiger partial charge in [-0.1, -0.05) is 31.2 Å². The van der Waals surface area contributed by atoms with E-state index in [-0.39, 0.29) is 6.04 Å². The van der Waals surface area contributed by atoms with Gasteiger partial charge in [0.1, 0.15) is 0 Å². The standard InChI is InChI=1S/C16H25N3/c1-2-19-9-5-6-12(11-19)18-16-10-15(17)13-7-3-4-8-14(13)16/h3-4,7-8,12,15-16,18H,2,5-6,9-11,17H2,1H3. The van der Waals surface area contributed by atoms with E-state index < -0.39 is 0 Å². The van der Waals surface area contributed by atoms with Gasteiger partial charge in [-0.15, -0.1) is 0 Å². The number of benzene rings is 1. The highest BCUT2D eigenvalue weighted by Crippen LogP contribution is 2.37. The van der Waals surface area contributed by atoms with Crippen molar-refractivity contribution in [1.82, 2.24) is 10.2 Å². The predicted molar refractivity (Wildman–Crippen MR) is 79.0 cm³/mol. The largest absolute Gasteiger partial charge is 0.324 e. The number of likely N-dealkylation sites (N-methyl/N-ethyl adjacent to an activating group) is 1. The van der Waals surface area contributed by atoms with Crippen LogP contribution in [0.25, 0.3) is 0 Å². The van der Waals surface area contributed by atoms with Gasteiger partial charge >= 0.3 is 0 Å². The van der Waals surface area contributed by atoms with Gasteiger partial charge in [0.15, 0.2) is 0 Å². The van der Waals surface area contributed by atoms with E-state index in [2.05, 4.69) is 41.4 Å². The lowest BCUT2D eigenvalue weighted by Crippen LogP contribution is -2.46. The zero-order valence-corrected chi connectivity index (χ0v) is 11.8. The molecule has 1 heterocycles. The lowest BCUT2D eigenvalue weighted by atomic mass is 10.0. The van der Waals surface area contributed by atoms with Crippen LogP contribution in [0.15, 0.2) is 24.3 Å². The van der Waals surface area contributed by atoms with Gasteiger partial charge in [0.05, 0.1) is 0 Å². The molecule has 0 bridgehead atoms. The van der Waals surface area contributed by atoms with Gasteiger partial charge in [0.2, 0.25) is 0 Å². The molecule has 0 saturated carbocycles. The quantitative estimate of drug-likeness (QED) is 0.874. The van der Waals surface area contributed by atoms with Crippen LogP contribution in [0.2, 0.25) is 0 Å². The Hall–Kier alpha value is -0.900. The number of nitrogens with one attached hydrogen (secondary N) is 1. The van der Waals surface area contributed by atoms with Crippen molar-refractivity contribution < 1.29 is 0 Å². The van der Waals surface area contributed by atoms with Crippen molar-refractivity contribution in [3.63, 3.8) is 0 Å². The average molecular weight is 259 g/mol. The van der Waals surface area contributed by atoms with Crippen LogP contribution >= 0.6 is 0 Å². The summed E-state index contributed by atoms with van der Waals surface area (Å²) in [5, 5.41) is 3.85. The third-order valence-corrected chi connectivity index (χ3v) is 4.65. The first kappa shape index (κ1) is 13.1. The van der Waals surface area contributed by atoms with Gasteiger partial charge in [0, 0.05) is 24.7 Å². The highest BCUT2D eigenvalue weighted by molar-refractivity contribution is 5.37. The minimum atomic E-state index is 0.208. The van der Waals surface area contributed by atoms with Gasteiger partial charge in [0.25, 0.3) is 0 Å². The summed E-state index contributed by atoms with van der Waals surface area (Å²) in [6.45, 7) is 5.86. The summed E-state index contributed by atoms with van der Waals surface area (Å²) in [4.78, 5) is 2.54. The molecule has 3 nitrogen and oxygen atoms in total. The molecule has 0 amide bonds. The summed E-state index contributed by atoms with van der Waals surface area (Å²) in [5.41, 5.74) is 9.00. The average Bonchev–Trinajstić information content (AvgIpc) is 2.76. The molecule has 3 heteroatoms. The Morgan fingerprint density at radius 2 is 2.11 bits per heavy atom. The fourth-order valence-corrected chi connectivity index (χ4v) is 3.59. The molecular weight excluding hydrogens is 234 g/mol. The second-order valence-electron chi connectivity index (χ2n) is 5.92. The van der Waals surface area contributed by atoms with E-state index in [0.717, 1.165) is 6.42 Å². The van der Waals surface area contributed by atoms with Crippen LogP contribution in [0.4, 0.5) is 0 Å². The number of hydrogen-bond acceptors (Lipinski definition) is 3. The first-order valence-electron chi connectivity index (χ1n) is 7.60. The molecule has 3 N–H and O–H groups in total. The van der Waals surface area contributed by atoms with Crippen LogP contribution in [-0.2, 0) is 0 Å². The number of hydrogen-bond donors (Lipinski definition) is 2. The molecule has 1 fully saturated rings. The van der Waals surface area contributed by atoms with Crippen molar-refractivity contribution >= 4 is 0 Å². The van der Waals surface area contributed by atoms with Gasteiger partial charge in [-0.3, -0.25) is 0 Å². The fraction of sp³-hybridized carbons (Fsp3) is 0.625. The summed E-state index contributed by atoms with van der Waals surface area (Å²) < 4.78 is 0. The zero-order chi connectivity index (χ0) is 13.2. The Morgan fingerprint density at radius 3 is 2.89 bits per heavy atom.